The van der Waals surface area contributed by atoms with E-state index in [1.807, 2.05) is 7.05 Å². The zero-order valence-electron chi connectivity index (χ0n) is 11.0. The molecule has 1 amide bonds. The monoisotopic (exact) mass is 270 g/mol. The molecule has 4 fully saturated rings. The number of halogens is 1. The molecule has 0 aromatic carbocycles. The van der Waals surface area contributed by atoms with E-state index in [1.54, 1.807) is 0 Å². The van der Waals surface area contributed by atoms with E-state index in [9.17, 15) is 4.79 Å². The summed E-state index contributed by atoms with van der Waals surface area (Å²) in [6, 6.07) is 0.460. The first kappa shape index (κ1) is 12.7. The molecule has 5 atom stereocenters. The normalized spacial score (nSPS) is 47.6. The lowest BCUT2D eigenvalue weighted by Crippen LogP contribution is -2.40. The van der Waals surface area contributed by atoms with Crippen LogP contribution in [0.15, 0.2) is 0 Å². The third-order valence-corrected chi connectivity index (χ3v) is 5.95. The summed E-state index contributed by atoms with van der Waals surface area (Å²) in [5.41, 5.74) is 0. The van der Waals surface area contributed by atoms with Crippen LogP contribution in [-0.2, 0) is 4.79 Å². The van der Waals surface area contributed by atoms with Crippen LogP contribution < -0.4 is 5.32 Å². The van der Waals surface area contributed by atoms with Crippen molar-refractivity contribution in [2.24, 2.45) is 29.6 Å². The number of hydrogen-bond donors (Lipinski definition) is 1. The first-order chi connectivity index (χ1) is 8.27. The number of hydrogen-bond acceptors (Lipinski definition) is 2. The van der Waals surface area contributed by atoms with Crippen molar-refractivity contribution in [3.63, 3.8) is 0 Å². The second-order valence-electron chi connectivity index (χ2n) is 6.61. The molecule has 0 spiro atoms. The van der Waals surface area contributed by atoms with Gasteiger partial charge >= 0.3 is 0 Å². The minimum atomic E-state index is 0. The summed E-state index contributed by atoms with van der Waals surface area (Å²) < 4.78 is 0. The van der Waals surface area contributed by atoms with Gasteiger partial charge in [0.25, 0.3) is 0 Å². The van der Waals surface area contributed by atoms with Crippen LogP contribution in [0.4, 0.5) is 0 Å². The zero-order valence-corrected chi connectivity index (χ0v) is 11.8. The molecule has 1 heterocycles. The molecule has 0 aromatic heterocycles. The third kappa shape index (κ3) is 1.63. The van der Waals surface area contributed by atoms with Gasteiger partial charge in [-0.25, -0.2) is 0 Å². The Morgan fingerprint density at radius 2 is 1.83 bits per heavy atom. The minimum absolute atomic E-state index is 0. The summed E-state index contributed by atoms with van der Waals surface area (Å²) >= 11 is 0. The van der Waals surface area contributed by atoms with E-state index < -0.39 is 0 Å². The molecule has 2 bridgehead atoms. The Morgan fingerprint density at radius 3 is 2.39 bits per heavy atom. The van der Waals surface area contributed by atoms with Crippen molar-refractivity contribution in [2.45, 2.75) is 31.7 Å². The summed E-state index contributed by atoms with van der Waals surface area (Å²) in [7, 11) is 2.02. The summed E-state index contributed by atoms with van der Waals surface area (Å²) in [6.45, 7) is 2.07. The van der Waals surface area contributed by atoms with Crippen molar-refractivity contribution in [1.82, 2.24) is 10.2 Å². The molecular weight excluding hydrogens is 248 g/mol. The fourth-order valence-electron chi connectivity index (χ4n) is 5.04. The van der Waals surface area contributed by atoms with Crippen LogP contribution in [0, 0.1) is 29.6 Å². The highest BCUT2D eigenvalue weighted by atomic mass is 35.5. The molecule has 0 radical (unpaired) electrons. The van der Waals surface area contributed by atoms with Gasteiger partial charge in [-0.3, -0.25) is 4.79 Å². The maximum Gasteiger partial charge on any atom is 0.226 e. The lowest BCUT2D eigenvalue weighted by Gasteiger charge is -2.25. The predicted octanol–water partition coefficient (Wildman–Crippen LogP) is 1.52. The van der Waals surface area contributed by atoms with Gasteiger partial charge in [-0.15, -0.1) is 12.4 Å². The lowest BCUT2D eigenvalue weighted by atomic mass is 10.0. The Labute approximate surface area is 115 Å². The summed E-state index contributed by atoms with van der Waals surface area (Å²) in [4.78, 5) is 14.6. The second-order valence-corrected chi connectivity index (χ2v) is 6.61. The topological polar surface area (TPSA) is 32.3 Å². The number of carbonyl (C=O) groups excluding carboxylic acids is 1. The molecule has 18 heavy (non-hydrogen) atoms. The number of amides is 1. The zero-order chi connectivity index (χ0) is 11.6. The number of likely N-dealkylation sites (N-methyl/N-ethyl adjacent to an activating group) is 1. The van der Waals surface area contributed by atoms with E-state index in [0.717, 1.165) is 43.2 Å². The molecule has 4 rings (SSSR count). The third-order valence-electron chi connectivity index (χ3n) is 5.95. The van der Waals surface area contributed by atoms with Crippen LogP contribution in [0.5, 0.6) is 0 Å². The largest absolute Gasteiger partial charge is 0.341 e. The van der Waals surface area contributed by atoms with Gasteiger partial charge in [-0.2, -0.15) is 0 Å². The molecule has 3 saturated carbocycles. The van der Waals surface area contributed by atoms with Crippen molar-refractivity contribution >= 4 is 18.3 Å². The smallest absolute Gasteiger partial charge is 0.226 e. The van der Waals surface area contributed by atoms with E-state index >= 15 is 0 Å². The number of nitrogens with zero attached hydrogens (tertiary/aromatic N) is 1. The number of fused-ring (bicyclic) bond motifs is 5. The number of nitrogens with one attached hydrogen (secondary N) is 1. The summed E-state index contributed by atoms with van der Waals surface area (Å²) in [6.07, 6.45) is 5.39. The molecule has 0 aromatic rings. The van der Waals surface area contributed by atoms with Gasteiger partial charge in [-0.1, -0.05) is 0 Å². The minimum Gasteiger partial charge on any atom is -0.341 e. The van der Waals surface area contributed by atoms with Crippen molar-refractivity contribution < 1.29 is 4.79 Å². The molecule has 5 unspecified atom stereocenters. The average Bonchev–Trinajstić information content (AvgIpc) is 2.83. The van der Waals surface area contributed by atoms with Crippen molar-refractivity contribution in [1.29, 1.82) is 0 Å². The van der Waals surface area contributed by atoms with E-state index in [0.29, 0.717) is 17.9 Å². The fraction of sp³-hybridized carbons (Fsp3) is 0.929. The van der Waals surface area contributed by atoms with E-state index in [4.69, 9.17) is 0 Å². The molecular formula is C14H23ClN2O. The maximum absolute atomic E-state index is 12.5. The van der Waals surface area contributed by atoms with Crippen LogP contribution in [0.3, 0.4) is 0 Å². The first-order valence-corrected chi connectivity index (χ1v) is 7.25. The Kier molecular flexibility index (Phi) is 3.10. The predicted molar refractivity (Wildman–Crippen MR) is 72.6 cm³/mol. The van der Waals surface area contributed by atoms with Crippen molar-refractivity contribution in [3.8, 4) is 0 Å². The van der Waals surface area contributed by atoms with Gasteiger partial charge in [0.1, 0.15) is 0 Å². The van der Waals surface area contributed by atoms with Crippen molar-refractivity contribution in [3.05, 3.63) is 0 Å². The van der Waals surface area contributed by atoms with Gasteiger partial charge < -0.3 is 10.2 Å². The molecule has 1 aliphatic heterocycles. The fourth-order valence-corrected chi connectivity index (χ4v) is 5.04. The van der Waals surface area contributed by atoms with Crippen LogP contribution >= 0.6 is 12.4 Å². The quantitative estimate of drug-likeness (QED) is 0.825. The molecule has 1 N–H and O–H groups in total. The molecule has 4 heteroatoms. The lowest BCUT2D eigenvalue weighted by molar-refractivity contribution is -0.134. The highest BCUT2D eigenvalue weighted by Crippen LogP contribution is 2.69. The van der Waals surface area contributed by atoms with Gasteiger partial charge in [0.15, 0.2) is 0 Å². The highest BCUT2D eigenvalue weighted by Gasteiger charge is 2.67. The Bertz CT molecular complexity index is 340. The van der Waals surface area contributed by atoms with Gasteiger partial charge in [0, 0.05) is 25.6 Å². The number of carbonyl (C=O) groups is 1. The Morgan fingerprint density at radius 1 is 1.17 bits per heavy atom. The standard InChI is InChI=1S/C14H22N2O.ClH/c1-16(10-4-5-15-7-10)14(17)13-11-8-2-3-9(6-8)12(11)13;/h8-13,15H,2-7H2,1H3;1H. The molecule has 3 aliphatic carbocycles. The van der Waals surface area contributed by atoms with Crippen LogP contribution in [0.2, 0.25) is 0 Å². The molecule has 3 nitrogen and oxygen atoms in total. The molecule has 1 saturated heterocycles. The Hall–Kier alpha value is -0.280. The number of rotatable bonds is 2. The van der Waals surface area contributed by atoms with Crippen LogP contribution in [-0.4, -0.2) is 37.0 Å². The Balaban J connectivity index is 0.000001000. The van der Waals surface area contributed by atoms with Gasteiger partial charge in [0.05, 0.1) is 0 Å². The van der Waals surface area contributed by atoms with Crippen LogP contribution in [0.1, 0.15) is 25.7 Å². The summed E-state index contributed by atoms with van der Waals surface area (Å²) in [5.74, 6) is 4.29. The van der Waals surface area contributed by atoms with Crippen LogP contribution in [0.25, 0.3) is 0 Å². The van der Waals surface area contributed by atoms with Crippen molar-refractivity contribution in [2.75, 3.05) is 20.1 Å². The SMILES string of the molecule is CN(C(=O)C1C2C3CCC(C3)C12)C1CCNC1.Cl. The summed E-state index contributed by atoms with van der Waals surface area (Å²) in [5, 5.41) is 3.35. The highest BCUT2D eigenvalue weighted by molar-refractivity contribution is 5.85. The second kappa shape index (κ2) is 4.38. The van der Waals surface area contributed by atoms with E-state index in [1.165, 1.54) is 19.3 Å². The van der Waals surface area contributed by atoms with Gasteiger partial charge in [-0.05, 0) is 55.9 Å². The molecule has 4 aliphatic rings. The first-order valence-electron chi connectivity index (χ1n) is 7.25. The van der Waals surface area contributed by atoms with Gasteiger partial charge in [0.2, 0.25) is 5.91 Å². The van der Waals surface area contributed by atoms with E-state index in [-0.39, 0.29) is 12.4 Å². The average molecular weight is 271 g/mol. The maximum atomic E-state index is 12.5. The molecule has 102 valence electrons. The van der Waals surface area contributed by atoms with E-state index in [2.05, 4.69) is 10.2 Å².